The van der Waals surface area contributed by atoms with Gasteiger partial charge >= 0.3 is 0 Å². The Morgan fingerprint density at radius 3 is 2.42 bits per heavy atom. The highest BCUT2D eigenvalue weighted by molar-refractivity contribution is 5.88. The Morgan fingerprint density at radius 2 is 1.79 bits per heavy atom. The zero-order chi connectivity index (χ0) is 13.7. The van der Waals surface area contributed by atoms with Crippen molar-refractivity contribution < 1.29 is 4.94 Å². The van der Waals surface area contributed by atoms with Gasteiger partial charge in [-0.05, 0) is 28.8 Å². The highest BCUT2D eigenvalue weighted by Gasteiger charge is 2.04. The normalized spacial score (nSPS) is 10.6. The number of benzene rings is 2. The molecule has 0 amide bonds. The van der Waals surface area contributed by atoms with E-state index in [2.05, 4.69) is 41.8 Å². The molecule has 100 valence electrons. The third-order valence-electron chi connectivity index (χ3n) is 2.88. The first-order chi connectivity index (χ1) is 9.22. The van der Waals surface area contributed by atoms with Gasteiger partial charge in [0.1, 0.15) is 0 Å². The van der Waals surface area contributed by atoms with Crippen molar-refractivity contribution in [2.24, 2.45) is 5.73 Å². The standard InChI is InChI=1S/C15H19N3O/c1-11(2)18-19-17-10-13-8-7-12(9-16)14-5-3-4-6-15(13)14/h3-8,17-18H,1,9-10,16H2,2H3. The lowest BCUT2D eigenvalue weighted by Gasteiger charge is -2.11. The van der Waals surface area contributed by atoms with E-state index in [1.165, 1.54) is 10.8 Å². The summed E-state index contributed by atoms with van der Waals surface area (Å²) in [5.74, 6) is 0. The molecule has 2 aromatic carbocycles. The van der Waals surface area contributed by atoms with Crippen LogP contribution in [0.5, 0.6) is 0 Å². The van der Waals surface area contributed by atoms with Crippen LogP contribution in [0.15, 0.2) is 48.7 Å². The van der Waals surface area contributed by atoms with Crippen LogP contribution in [0, 0.1) is 0 Å². The van der Waals surface area contributed by atoms with Crippen LogP contribution in [0.1, 0.15) is 18.1 Å². The van der Waals surface area contributed by atoms with Crippen molar-refractivity contribution in [1.29, 1.82) is 0 Å². The largest absolute Gasteiger partial charge is 0.326 e. The van der Waals surface area contributed by atoms with Crippen LogP contribution in [-0.2, 0) is 18.0 Å². The van der Waals surface area contributed by atoms with Gasteiger partial charge in [0.15, 0.2) is 0 Å². The summed E-state index contributed by atoms with van der Waals surface area (Å²) in [6.45, 7) is 6.66. The molecule has 0 atom stereocenters. The molecule has 0 aliphatic carbocycles. The average molecular weight is 257 g/mol. The number of rotatable bonds is 6. The Hall–Kier alpha value is -1.88. The number of fused-ring (bicyclic) bond motifs is 1. The number of hydroxylamine groups is 2. The maximum atomic E-state index is 5.76. The van der Waals surface area contributed by atoms with Gasteiger partial charge in [-0.15, -0.1) is 0 Å². The highest BCUT2D eigenvalue weighted by Crippen LogP contribution is 2.22. The quantitative estimate of drug-likeness (QED) is 0.549. The molecule has 2 rings (SSSR count). The maximum absolute atomic E-state index is 5.76. The second-order valence-corrected chi connectivity index (χ2v) is 4.44. The molecule has 0 bridgehead atoms. The Balaban J connectivity index is 2.17. The molecule has 0 fully saturated rings. The maximum Gasteiger partial charge on any atom is 0.0491 e. The van der Waals surface area contributed by atoms with Gasteiger partial charge in [-0.3, -0.25) is 5.48 Å². The van der Waals surface area contributed by atoms with E-state index in [0.717, 1.165) is 16.8 Å². The van der Waals surface area contributed by atoms with Crippen LogP contribution in [0.4, 0.5) is 0 Å². The van der Waals surface area contributed by atoms with Crippen LogP contribution in [-0.4, -0.2) is 0 Å². The fourth-order valence-electron chi connectivity index (χ4n) is 1.99. The summed E-state index contributed by atoms with van der Waals surface area (Å²) < 4.78 is 0. The Kier molecular flexibility index (Phi) is 4.52. The molecule has 4 N–H and O–H groups in total. The summed E-state index contributed by atoms with van der Waals surface area (Å²) >= 11 is 0. The van der Waals surface area contributed by atoms with Crippen LogP contribution in [0.2, 0.25) is 0 Å². The minimum Gasteiger partial charge on any atom is -0.326 e. The molecular formula is C15H19N3O. The van der Waals surface area contributed by atoms with E-state index < -0.39 is 0 Å². The van der Waals surface area contributed by atoms with Crippen molar-refractivity contribution in [3.8, 4) is 0 Å². The first-order valence-electron chi connectivity index (χ1n) is 6.22. The summed E-state index contributed by atoms with van der Waals surface area (Å²) in [7, 11) is 0. The fourth-order valence-corrected chi connectivity index (χ4v) is 1.99. The molecule has 0 unspecified atom stereocenters. The van der Waals surface area contributed by atoms with Crippen molar-refractivity contribution in [3.63, 3.8) is 0 Å². The minimum absolute atomic E-state index is 0.544. The van der Waals surface area contributed by atoms with E-state index in [-0.39, 0.29) is 0 Å². The van der Waals surface area contributed by atoms with Gasteiger partial charge in [-0.2, -0.15) is 10.4 Å². The van der Waals surface area contributed by atoms with Crippen molar-refractivity contribution >= 4 is 10.8 Å². The van der Waals surface area contributed by atoms with Crippen molar-refractivity contribution in [3.05, 3.63) is 59.8 Å². The minimum atomic E-state index is 0.544. The Bertz CT molecular complexity index is 581. The number of hydrogen-bond acceptors (Lipinski definition) is 4. The zero-order valence-corrected chi connectivity index (χ0v) is 11.1. The summed E-state index contributed by atoms with van der Waals surface area (Å²) in [5, 5.41) is 2.38. The van der Waals surface area contributed by atoms with Gasteiger partial charge < -0.3 is 5.73 Å². The molecular weight excluding hydrogens is 238 g/mol. The van der Waals surface area contributed by atoms with Crippen molar-refractivity contribution in [1.82, 2.24) is 11.0 Å². The van der Waals surface area contributed by atoms with Crippen LogP contribution in [0.3, 0.4) is 0 Å². The number of allylic oxidation sites excluding steroid dienone is 1. The van der Waals surface area contributed by atoms with E-state index in [4.69, 9.17) is 10.7 Å². The molecule has 19 heavy (non-hydrogen) atoms. The van der Waals surface area contributed by atoms with Gasteiger partial charge in [-0.1, -0.05) is 43.0 Å². The topological polar surface area (TPSA) is 59.3 Å². The first kappa shape index (κ1) is 13.5. The third-order valence-corrected chi connectivity index (χ3v) is 2.88. The first-order valence-corrected chi connectivity index (χ1v) is 6.22. The van der Waals surface area contributed by atoms with E-state index >= 15 is 0 Å². The second-order valence-electron chi connectivity index (χ2n) is 4.44. The Labute approximate surface area is 113 Å². The predicted molar refractivity (Wildman–Crippen MR) is 77.7 cm³/mol. The molecule has 0 spiro atoms. The van der Waals surface area contributed by atoms with E-state index in [1.54, 1.807) is 0 Å². The summed E-state index contributed by atoms with van der Waals surface area (Å²) in [4.78, 5) is 5.08. The number of nitrogens with one attached hydrogen (secondary N) is 2. The molecule has 0 saturated carbocycles. The van der Waals surface area contributed by atoms with Crippen LogP contribution >= 0.6 is 0 Å². The zero-order valence-electron chi connectivity index (χ0n) is 11.1. The lowest BCUT2D eigenvalue weighted by molar-refractivity contribution is -0.0244. The molecule has 0 radical (unpaired) electrons. The van der Waals surface area contributed by atoms with Gasteiger partial charge in [0.2, 0.25) is 0 Å². The monoisotopic (exact) mass is 257 g/mol. The average Bonchev–Trinajstić information content (AvgIpc) is 2.43. The lowest BCUT2D eigenvalue weighted by atomic mass is 10.00. The molecule has 0 heterocycles. The predicted octanol–water partition coefficient (Wildman–Crippen LogP) is 2.36. The highest BCUT2D eigenvalue weighted by atomic mass is 16.8. The van der Waals surface area contributed by atoms with Crippen LogP contribution in [0.25, 0.3) is 10.8 Å². The molecule has 4 nitrogen and oxygen atoms in total. The Morgan fingerprint density at radius 1 is 1.16 bits per heavy atom. The van der Waals surface area contributed by atoms with Gasteiger partial charge in [0, 0.05) is 18.8 Å². The second kappa shape index (κ2) is 6.33. The summed E-state index contributed by atoms with van der Waals surface area (Å²) in [6, 6.07) is 12.4. The van der Waals surface area contributed by atoms with E-state index in [9.17, 15) is 0 Å². The van der Waals surface area contributed by atoms with Crippen molar-refractivity contribution in [2.75, 3.05) is 0 Å². The lowest BCUT2D eigenvalue weighted by Crippen LogP contribution is -2.23. The van der Waals surface area contributed by atoms with Gasteiger partial charge in [0.05, 0.1) is 0 Å². The third kappa shape index (κ3) is 3.32. The molecule has 2 aromatic rings. The van der Waals surface area contributed by atoms with Crippen LogP contribution < -0.4 is 16.7 Å². The molecule has 0 aliphatic rings. The smallest absolute Gasteiger partial charge is 0.0491 e. The molecule has 4 heteroatoms. The molecule has 0 aliphatic heterocycles. The summed E-state index contributed by atoms with van der Waals surface area (Å²) in [6.07, 6.45) is 0. The van der Waals surface area contributed by atoms with Crippen molar-refractivity contribution in [2.45, 2.75) is 20.0 Å². The van der Waals surface area contributed by atoms with Gasteiger partial charge in [0.25, 0.3) is 0 Å². The SMILES string of the molecule is C=C(C)NONCc1ccc(CN)c2ccccc12. The fraction of sp³-hybridized carbons (Fsp3) is 0.200. The molecule has 0 aromatic heterocycles. The van der Waals surface area contributed by atoms with E-state index in [1.807, 2.05) is 19.1 Å². The van der Waals surface area contributed by atoms with Gasteiger partial charge in [-0.25, -0.2) is 0 Å². The molecule has 0 saturated heterocycles. The van der Waals surface area contributed by atoms with E-state index in [0.29, 0.717) is 13.1 Å². The summed E-state index contributed by atoms with van der Waals surface area (Å²) in [5.41, 5.74) is 14.3. The number of hydrogen-bond donors (Lipinski definition) is 3. The number of nitrogens with two attached hydrogens (primary N) is 1.